The van der Waals surface area contributed by atoms with Crippen molar-refractivity contribution >= 4 is 27.7 Å². The van der Waals surface area contributed by atoms with Crippen LogP contribution in [0.2, 0.25) is 0 Å². The Balaban J connectivity index is 0.00000180. The summed E-state index contributed by atoms with van der Waals surface area (Å²) in [7, 11) is 1.59. The number of nitrogens with zero attached hydrogens (tertiary/aromatic N) is 2. The number of hydrogen-bond acceptors (Lipinski definition) is 6. The summed E-state index contributed by atoms with van der Waals surface area (Å²) in [5, 5.41) is 0. The molecule has 102 valence electrons. The second-order valence-electron chi connectivity index (χ2n) is 3.38. The zero-order valence-corrected chi connectivity index (χ0v) is 11.6. The number of aromatic nitrogens is 2. The molecule has 0 amide bonds. The van der Waals surface area contributed by atoms with Gasteiger partial charge in [-0.25, -0.2) is 4.98 Å². The largest absolute Gasteiger partial charge is 0.497 e. The number of methoxy groups -OCH3 is 1. The van der Waals surface area contributed by atoms with Gasteiger partial charge in [-0.05, 0) is 34.1 Å². The van der Waals surface area contributed by atoms with Crippen LogP contribution in [-0.4, -0.2) is 22.6 Å². The highest BCUT2D eigenvalue weighted by Gasteiger charge is 2.08. The molecule has 0 saturated carbocycles. The zero-order valence-electron chi connectivity index (χ0n) is 10.1. The Bertz CT molecular complexity index is 580. The van der Waals surface area contributed by atoms with Crippen molar-refractivity contribution in [2.45, 2.75) is 0 Å². The fourth-order valence-corrected chi connectivity index (χ4v) is 1.73. The number of anilines is 2. The number of rotatable bonds is 3. The van der Waals surface area contributed by atoms with Crippen molar-refractivity contribution in [3.8, 4) is 17.2 Å². The molecule has 0 aliphatic heterocycles. The molecule has 0 saturated heterocycles. The van der Waals surface area contributed by atoms with E-state index < -0.39 is 0 Å². The first-order chi connectivity index (χ1) is 8.60. The van der Waals surface area contributed by atoms with Crippen molar-refractivity contribution < 1.29 is 14.9 Å². The number of nitrogen functional groups attached to an aromatic ring is 2. The second-order valence-corrected chi connectivity index (χ2v) is 4.23. The minimum atomic E-state index is 0. The quantitative estimate of drug-likeness (QED) is 0.875. The first-order valence-corrected chi connectivity index (χ1v) is 5.79. The van der Waals surface area contributed by atoms with Crippen molar-refractivity contribution in [3.05, 3.63) is 28.9 Å². The van der Waals surface area contributed by atoms with Crippen LogP contribution in [-0.2, 0) is 0 Å². The molecule has 0 spiro atoms. The molecule has 0 atom stereocenters. The van der Waals surface area contributed by atoms with E-state index in [4.69, 9.17) is 20.9 Å². The number of hydrogen-bond donors (Lipinski definition) is 2. The van der Waals surface area contributed by atoms with E-state index in [0.29, 0.717) is 11.5 Å². The normalized spacial score (nSPS) is 9.58. The summed E-state index contributed by atoms with van der Waals surface area (Å²) < 4.78 is 11.4. The molecular weight excluding hydrogens is 316 g/mol. The minimum absolute atomic E-state index is 0. The Hall–Kier alpha value is -2.06. The third-order valence-corrected chi connectivity index (χ3v) is 2.78. The van der Waals surface area contributed by atoms with Crippen molar-refractivity contribution in [2.75, 3.05) is 18.6 Å². The molecule has 0 aliphatic carbocycles. The van der Waals surface area contributed by atoms with Gasteiger partial charge in [0.1, 0.15) is 11.5 Å². The van der Waals surface area contributed by atoms with Gasteiger partial charge in [-0.1, -0.05) is 0 Å². The van der Waals surface area contributed by atoms with Crippen LogP contribution in [0.5, 0.6) is 17.2 Å². The Kier molecular flexibility index (Phi) is 4.90. The van der Waals surface area contributed by atoms with E-state index in [2.05, 4.69) is 25.9 Å². The Morgan fingerprint density at radius 1 is 1.21 bits per heavy atom. The molecule has 1 aromatic carbocycles. The van der Waals surface area contributed by atoms with Gasteiger partial charge in [-0.2, -0.15) is 4.98 Å². The summed E-state index contributed by atoms with van der Waals surface area (Å²) in [6.07, 6.45) is 1.42. The highest BCUT2D eigenvalue weighted by molar-refractivity contribution is 9.10. The molecule has 0 aliphatic rings. The average molecular weight is 329 g/mol. The number of halogens is 1. The van der Waals surface area contributed by atoms with E-state index in [1.54, 1.807) is 25.3 Å². The summed E-state index contributed by atoms with van der Waals surface area (Å²) >= 11 is 3.37. The predicted molar refractivity (Wildman–Crippen MR) is 75.2 cm³/mol. The van der Waals surface area contributed by atoms with Crippen LogP contribution < -0.4 is 20.9 Å². The summed E-state index contributed by atoms with van der Waals surface area (Å²) in [5.74, 6) is 1.93. The molecule has 19 heavy (non-hydrogen) atoms. The van der Waals surface area contributed by atoms with Crippen molar-refractivity contribution in [1.29, 1.82) is 0 Å². The SMILES string of the molecule is COc1ccc(Oc2cnc(N)nc2N)c(Br)c1.O. The van der Waals surface area contributed by atoms with E-state index in [-0.39, 0.29) is 17.2 Å². The van der Waals surface area contributed by atoms with Crippen LogP contribution in [0.3, 0.4) is 0 Å². The van der Waals surface area contributed by atoms with Gasteiger partial charge >= 0.3 is 0 Å². The molecule has 7 nitrogen and oxygen atoms in total. The van der Waals surface area contributed by atoms with Crippen LogP contribution in [0.4, 0.5) is 11.8 Å². The lowest BCUT2D eigenvalue weighted by atomic mass is 10.3. The second kappa shape index (κ2) is 6.21. The summed E-state index contributed by atoms with van der Waals surface area (Å²) in [4.78, 5) is 7.63. The lowest BCUT2D eigenvalue weighted by Crippen LogP contribution is -2.01. The maximum atomic E-state index is 5.68. The molecule has 2 rings (SSSR count). The van der Waals surface area contributed by atoms with E-state index in [0.717, 1.165) is 10.2 Å². The van der Waals surface area contributed by atoms with Crippen LogP contribution >= 0.6 is 15.9 Å². The maximum Gasteiger partial charge on any atom is 0.222 e. The number of ether oxygens (including phenoxy) is 2. The average Bonchev–Trinajstić information content (AvgIpc) is 2.34. The van der Waals surface area contributed by atoms with Crippen LogP contribution in [0.25, 0.3) is 0 Å². The Morgan fingerprint density at radius 2 is 1.95 bits per heavy atom. The summed E-state index contributed by atoms with van der Waals surface area (Å²) in [5.41, 5.74) is 11.1. The van der Waals surface area contributed by atoms with E-state index >= 15 is 0 Å². The first kappa shape index (κ1) is 15.0. The number of nitrogens with two attached hydrogens (primary N) is 2. The minimum Gasteiger partial charge on any atom is -0.497 e. The fraction of sp³-hybridized carbons (Fsp3) is 0.0909. The first-order valence-electron chi connectivity index (χ1n) is 4.99. The van der Waals surface area contributed by atoms with E-state index in [9.17, 15) is 0 Å². The third-order valence-electron chi connectivity index (χ3n) is 2.16. The molecule has 0 fully saturated rings. The molecule has 0 radical (unpaired) electrons. The predicted octanol–water partition coefficient (Wildman–Crippen LogP) is 1.38. The summed E-state index contributed by atoms with van der Waals surface area (Å²) in [6.45, 7) is 0. The van der Waals surface area contributed by atoms with Gasteiger partial charge in [-0.15, -0.1) is 0 Å². The standard InChI is InChI=1S/C11H11BrN4O2.H2O/c1-17-6-2-3-8(7(12)4-6)18-9-5-15-11(14)16-10(9)13;/h2-5H,1H3,(H4,13,14,15,16);1H2. The molecular formula is C11H13BrN4O3. The molecule has 1 aromatic heterocycles. The lowest BCUT2D eigenvalue weighted by Gasteiger charge is -2.10. The smallest absolute Gasteiger partial charge is 0.222 e. The molecule has 1 heterocycles. The van der Waals surface area contributed by atoms with E-state index in [1.807, 2.05) is 0 Å². The topological polar surface area (TPSA) is 128 Å². The lowest BCUT2D eigenvalue weighted by molar-refractivity contribution is 0.412. The highest BCUT2D eigenvalue weighted by atomic mass is 79.9. The van der Waals surface area contributed by atoms with Gasteiger partial charge in [0.05, 0.1) is 17.8 Å². The van der Waals surface area contributed by atoms with Gasteiger partial charge in [0, 0.05) is 0 Å². The van der Waals surface area contributed by atoms with Crippen LogP contribution in [0, 0.1) is 0 Å². The van der Waals surface area contributed by atoms with Crippen molar-refractivity contribution in [2.24, 2.45) is 0 Å². The van der Waals surface area contributed by atoms with Gasteiger partial charge in [0.2, 0.25) is 5.95 Å². The molecule has 8 heteroatoms. The zero-order chi connectivity index (χ0) is 13.1. The van der Waals surface area contributed by atoms with Crippen LogP contribution in [0.15, 0.2) is 28.9 Å². The van der Waals surface area contributed by atoms with Crippen molar-refractivity contribution in [1.82, 2.24) is 9.97 Å². The van der Waals surface area contributed by atoms with Gasteiger partial charge < -0.3 is 26.4 Å². The molecule has 0 unspecified atom stereocenters. The van der Waals surface area contributed by atoms with Crippen LogP contribution in [0.1, 0.15) is 0 Å². The Morgan fingerprint density at radius 3 is 2.53 bits per heavy atom. The molecule has 6 N–H and O–H groups in total. The number of benzene rings is 1. The fourth-order valence-electron chi connectivity index (χ4n) is 1.29. The molecule has 0 bridgehead atoms. The van der Waals surface area contributed by atoms with Crippen molar-refractivity contribution in [3.63, 3.8) is 0 Å². The van der Waals surface area contributed by atoms with Gasteiger partial charge in [0.15, 0.2) is 11.6 Å². The van der Waals surface area contributed by atoms with E-state index in [1.165, 1.54) is 6.20 Å². The molecule has 2 aromatic rings. The van der Waals surface area contributed by atoms with Gasteiger partial charge in [0.25, 0.3) is 0 Å². The third kappa shape index (κ3) is 3.46. The monoisotopic (exact) mass is 328 g/mol. The van der Waals surface area contributed by atoms with Gasteiger partial charge in [-0.3, -0.25) is 0 Å². The maximum absolute atomic E-state index is 5.68. The summed E-state index contributed by atoms with van der Waals surface area (Å²) in [6, 6.07) is 5.30. The highest BCUT2D eigenvalue weighted by Crippen LogP contribution is 2.34. The Labute approximate surface area is 118 Å².